The van der Waals surface area contributed by atoms with E-state index >= 15 is 0 Å². The summed E-state index contributed by atoms with van der Waals surface area (Å²) in [6.07, 6.45) is 8.86. The van der Waals surface area contributed by atoms with E-state index in [0.717, 1.165) is 53.7 Å². The molecule has 2 N–H and O–H groups in total. The minimum atomic E-state index is 0.692. The maximum absolute atomic E-state index is 4.96. The van der Waals surface area contributed by atoms with Gasteiger partial charge in [0, 0.05) is 50.5 Å². The van der Waals surface area contributed by atoms with Crippen LogP contribution < -0.4 is 15.5 Å². The van der Waals surface area contributed by atoms with Gasteiger partial charge in [-0.15, -0.1) is 0 Å². The number of aromatic nitrogens is 3. The van der Waals surface area contributed by atoms with Crippen molar-refractivity contribution in [2.75, 3.05) is 36.4 Å². The number of hydrogen-bond donors (Lipinski definition) is 2. The second-order valence-corrected chi connectivity index (χ2v) is 8.17. The summed E-state index contributed by atoms with van der Waals surface area (Å²) in [5.74, 6) is 0.731. The zero-order valence-corrected chi connectivity index (χ0v) is 16.7. The van der Waals surface area contributed by atoms with Crippen LogP contribution in [-0.2, 0) is 6.54 Å². The van der Waals surface area contributed by atoms with Crippen LogP contribution in [0.15, 0.2) is 41.4 Å². The first-order valence-electron chi connectivity index (χ1n) is 9.59. The molecule has 0 atom stereocenters. The molecule has 0 spiro atoms. The highest BCUT2D eigenvalue weighted by molar-refractivity contribution is 9.10. The fourth-order valence-corrected chi connectivity index (χ4v) is 4.09. The van der Waals surface area contributed by atoms with Gasteiger partial charge < -0.3 is 19.9 Å². The number of rotatable bonds is 5. The molecule has 0 radical (unpaired) electrons. The van der Waals surface area contributed by atoms with Crippen molar-refractivity contribution in [1.29, 1.82) is 0 Å². The Bertz CT molecular complexity index is 958. The smallest absolute Gasteiger partial charge is 0.160 e. The second kappa shape index (κ2) is 7.13. The van der Waals surface area contributed by atoms with Gasteiger partial charge in [0.2, 0.25) is 0 Å². The molecule has 2 aliphatic rings. The van der Waals surface area contributed by atoms with E-state index in [0.29, 0.717) is 6.54 Å². The van der Waals surface area contributed by atoms with Crippen molar-refractivity contribution in [1.82, 2.24) is 19.7 Å². The molecule has 0 unspecified atom stereocenters. The molecule has 6 nitrogen and oxygen atoms in total. The standard InChI is InChI=1S/C20H23BrN6/c21-19-10-16(3-4-23-19)24-11-17-13-27-12-15(14-1-2-14)9-18(20(27)25-17)26-7-5-22-6-8-26/h3-4,9-10,12-14,22H,1-2,5-8,11H2,(H,23,24). The highest BCUT2D eigenvalue weighted by Crippen LogP contribution is 2.41. The number of fused-ring (bicyclic) bond motifs is 1. The summed E-state index contributed by atoms with van der Waals surface area (Å²) < 4.78 is 3.06. The first-order valence-corrected chi connectivity index (χ1v) is 10.4. The lowest BCUT2D eigenvalue weighted by atomic mass is 10.1. The van der Waals surface area contributed by atoms with Crippen LogP contribution in [0.5, 0.6) is 0 Å². The fraction of sp³-hybridized carbons (Fsp3) is 0.400. The van der Waals surface area contributed by atoms with E-state index < -0.39 is 0 Å². The normalized spacial score (nSPS) is 17.4. The van der Waals surface area contributed by atoms with Gasteiger partial charge in [0.15, 0.2) is 5.65 Å². The molecule has 0 amide bonds. The zero-order valence-electron chi connectivity index (χ0n) is 15.2. The molecule has 3 aromatic rings. The first-order chi connectivity index (χ1) is 13.3. The van der Waals surface area contributed by atoms with Crippen molar-refractivity contribution in [2.45, 2.75) is 25.3 Å². The van der Waals surface area contributed by atoms with Crippen LogP contribution in [0.3, 0.4) is 0 Å². The molecule has 5 rings (SSSR count). The van der Waals surface area contributed by atoms with Crippen LogP contribution in [0.1, 0.15) is 30.0 Å². The third-order valence-corrected chi connectivity index (χ3v) is 5.74. The van der Waals surface area contributed by atoms with Crippen molar-refractivity contribution in [3.8, 4) is 0 Å². The third kappa shape index (κ3) is 3.66. The van der Waals surface area contributed by atoms with Crippen LogP contribution >= 0.6 is 15.9 Å². The van der Waals surface area contributed by atoms with Gasteiger partial charge in [-0.2, -0.15) is 0 Å². The number of halogens is 1. The molecular weight excluding hydrogens is 404 g/mol. The highest BCUT2D eigenvalue weighted by atomic mass is 79.9. The van der Waals surface area contributed by atoms with Crippen LogP contribution in [0.2, 0.25) is 0 Å². The molecule has 140 valence electrons. The van der Waals surface area contributed by atoms with Gasteiger partial charge in [-0.1, -0.05) is 0 Å². The van der Waals surface area contributed by atoms with Crippen LogP contribution in [-0.4, -0.2) is 40.5 Å². The number of nitrogens with zero attached hydrogens (tertiary/aromatic N) is 4. The Morgan fingerprint density at radius 2 is 2.04 bits per heavy atom. The van der Waals surface area contributed by atoms with Crippen molar-refractivity contribution < 1.29 is 0 Å². The maximum atomic E-state index is 4.96. The number of imidazole rings is 1. The van der Waals surface area contributed by atoms with E-state index in [4.69, 9.17) is 4.98 Å². The first kappa shape index (κ1) is 17.0. The topological polar surface area (TPSA) is 57.5 Å². The minimum Gasteiger partial charge on any atom is -0.379 e. The summed E-state index contributed by atoms with van der Waals surface area (Å²) in [4.78, 5) is 11.6. The number of piperazine rings is 1. The molecule has 27 heavy (non-hydrogen) atoms. The van der Waals surface area contributed by atoms with Crippen LogP contribution in [0, 0.1) is 0 Å². The predicted octanol–water partition coefficient (Wildman–Crippen LogP) is 3.39. The minimum absolute atomic E-state index is 0.692. The quantitative estimate of drug-likeness (QED) is 0.612. The Morgan fingerprint density at radius 3 is 2.81 bits per heavy atom. The number of anilines is 2. The van der Waals surface area contributed by atoms with E-state index in [1.807, 2.05) is 12.1 Å². The molecule has 2 fully saturated rings. The van der Waals surface area contributed by atoms with E-state index in [1.54, 1.807) is 6.20 Å². The van der Waals surface area contributed by atoms with Gasteiger partial charge in [-0.05, 0) is 58.5 Å². The Labute approximate surface area is 167 Å². The number of nitrogens with one attached hydrogen (secondary N) is 2. The van der Waals surface area contributed by atoms with Crippen molar-refractivity contribution in [2.24, 2.45) is 0 Å². The summed E-state index contributed by atoms with van der Waals surface area (Å²) in [7, 11) is 0. The summed E-state index contributed by atoms with van der Waals surface area (Å²) in [5.41, 5.74) is 5.88. The molecule has 1 aliphatic heterocycles. The maximum Gasteiger partial charge on any atom is 0.160 e. The lowest BCUT2D eigenvalue weighted by molar-refractivity contribution is 0.589. The van der Waals surface area contributed by atoms with Crippen molar-refractivity contribution in [3.63, 3.8) is 0 Å². The molecule has 7 heteroatoms. The highest BCUT2D eigenvalue weighted by Gasteiger charge is 2.26. The Kier molecular flexibility index (Phi) is 4.49. The average molecular weight is 427 g/mol. The lowest BCUT2D eigenvalue weighted by Crippen LogP contribution is -2.43. The van der Waals surface area contributed by atoms with E-state index in [1.165, 1.54) is 24.1 Å². The SMILES string of the molecule is Brc1cc(NCc2cn3cc(C4CC4)cc(N4CCNCC4)c3n2)ccn1. The van der Waals surface area contributed by atoms with E-state index in [-0.39, 0.29) is 0 Å². The van der Waals surface area contributed by atoms with Gasteiger partial charge in [-0.25, -0.2) is 9.97 Å². The Morgan fingerprint density at radius 1 is 1.19 bits per heavy atom. The monoisotopic (exact) mass is 426 g/mol. The zero-order chi connectivity index (χ0) is 18.2. The molecule has 0 bridgehead atoms. The van der Waals surface area contributed by atoms with Gasteiger partial charge in [0.25, 0.3) is 0 Å². The Hall–Kier alpha value is -2.12. The van der Waals surface area contributed by atoms with Crippen LogP contribution in [0.25, 0.3) is 5.65 Å². The lowest BCUT2D eigenvalue weighted by Gasteiger charge is -2.30. The Balaban J connectivity index is 1.46. The van der Waals surface area contributed by atoms with Gasteiger partial charge in [-0.3, -0.25) is 0 Å². The second-order valence-electron chi connectivity index (χ2n) is 7.35. The van der Waals surface area contributed by atoms with E-state index in [9.17, 15) is 0 Å². The molecule has 1 aliphatic carbocycles. The molecule has 3 aromatic heterocycles. The number of hydrogen-bond acceptors (Lipinski definition) is 5. The van der Waals surface area contributed by atoms with Gasteiger partial charge in [0.1, 0.15) is 4.60 Å². The van der Waals surface area contributed by atoms with Gasteiger partial charge >= 0.3 is 0 Å². The summed E-state index contributed by atoms with van der Waals surface area (Å²) in [6, 6.07) is 6.33. The van der Waals surface area contributed by atoms with Gasteiger partial charge in [0.05, 0.1) is 17.9 Å². The van der Waals surface area contributed by atoms with Crippen LogP contribution in [0.4, 0.5) is 11.4 Å². The summed E-state index contributed by atoms with van der Waals surface area (Å²) >= 11 is 3.42. The molecule has 1 saturated heterocycles. The largest absolute Gasteiger partial charge is 0.379 e. The molecule has 1 saturated carbocycles. The average Bonchev–Trinajstić information content (AvgIpc) is 3.46. The summed E-state index contributed by atoms with van der Waals surface area (Å²) in [5, 5.41) is 6.88. The molecule has 0 aromatic carbocycles. The summed E-state index contributed by atoms with van der Waals surface area (Å²) in [6.45, 7) is 4.83. The number of pyridine rings is 2. The predicted molar refractivity (Wildman–Crippen MR) is 112 cm³/mol. The molecular formula is C20H23BrN6. The third-order valence-electron chi connectivity index (χ3n) is 5.31. The molecule has 4 heterocycles. The van der Waals surface area contributed by atoms with Crippen molar-refractivity contribution in [3.05, 3.63) is 52.7 Å². The fourth-order valence-electron chi connectivity index (χ4n) is 3.72. The van der Waals surface area contributed by atoms with Crippen molar-refractivity contribution >= 4 is 33.0 Å². The van der Waals surface area contributed by atoms with E-state index in [2.05, 4.69) is 59.3 Å².